The van der Waals surface area contributed by atoms with Crippen LogP contribution in [0.5, 0.6) is 0 Å². The molecule has 2 heterocycles. The van der Waals surface area contributed by atoms with Crippen molar-refractivity contribution in [2.45, 2.75) is 25.7 Å². The van der Waals surface area contributed by atoms with Gasteiger partial charge in [0, 0.05) is 37.1 Å². The van der Waals surface area contributed by atoms with Crippen LogP contribution in [0.3, 0.4) is 0 Å². The number of aromatic nitrogens is 2. The maximum atomic E-state index is 13.3. The third kappa shape index (κ3) is 3.71. The van der Waals surface area contributed by atoms with Crippen LogP contribution in [0.4, 0.5) is 14.7 Å². The Morgan fingerprint density at radius 2 is 1.96 bits per heavy atom. The Bertz CT molecular complexity index is 818. The number of carbonyl (C=O) groups is 1. The predicted molar refractivity (Wildman–Crippen MR) is 91.7 cm³/mol. The molecule has 1 aromatic carbocycles. The van der Waals surface area contributed by atoms with Crippen LogP contribution in [0.15, 0.2) is 24.3 Å². The van der Waals surface area contributed by atoms with Gasteiger partial charge in [-0.15, -0.1) is 0 Å². The van der Waals surface area contributed by atoms with Crippen molar-refractivity contribution >= 4 is 23.5 Å². The molecule has 132 valence electrons. The number of piperidine rings is 1. The Kier molecular flexibility index (Phi) is 4.60. The van der Waals surface area contributed by atoms with Crippen molar-refractivity contribution in [1.82, 2.24) is 14.9 Å². The fourth-order valence-corrected chi connectivity index (χ4v) is 2.98. The van der Waals surface area contributed by atoms with Crippen molar-refractivity contribution < 1.29 is 13.6 Å². The first-order valence-electron chi connectivity index (χ1n) is 7.84. The van der Waals surface area contributed by atoms with E-state index in [9.17, 15) is 13.6 Å². The minimum atomic E-state index is -2.69. The van der Waals surface area contributed by atoms with Gasteiger partial charge < -0.3 is 10.6 Å². The molecule has 1 aromatic heterocycles. The van der Waals surface area contributed by atoms with Gasteiger partial charge in [0.15, 0.2) is 0 Å². The summed E-state index contributed by atoms with van der Waals surface area (Å²) in [5.41, 5.74) is 7.67. The second-order valence-electron chi connectivity index (χ2n) is 6.06. The van der Waals surface area contributed by atoms with E-state index in [0.717, 1.165) is 0 Å². The van der Waals surface area contributed by atoms with Gasteiger partial charge in [-0.2, -0.15) is 0 Å². The van der Waals surface area contributed by atoms with E-state index in [1.807, 2.05) is 0 Å². The summed E-state index contributed by atoms with van der Waals surface area (Å²) >= 11 is 6.25. The van der Waals surface area contributed by atoms with E-state index in [0.29, 0.717) is 27.5 Å². The van der Waals surface area contributed by atoms with Gasteiger partial charge in [0.05, 0.1) is 16.4 Å². The summed E-state index contributed by atoms with van der Waals surface area (Å²) in [5, 5.41) is 0.358. The average Bonchev–Trinajstić information content (AvgIpc) is 2.57. The number of rotatable bonds is 2. The number of aryl methyl sites for hydroxylation is 1. The molecule has 25 heavy (non-hydrogen) atoms. The van der Waals surface area contributed by atoms with Crippen molar-refractivity contribution in [3.63, 3.8) is 0 Å². The lowest BCUT2D eigenvalue weighted by Crippen LogP contribution is -2.42. The van der Waals surface area contributed by atoms with Gasteiger partial charge in [0.2, 0.25) is 5.95 Å². The Morgan fingerprint density at radius 1 is 1.28 bits per heavy atom. The lowest BCUT2D eigenvalue weighted by molar-refractivity contribution is -0.0494. The number of amides is 1. The van der Waals surface area contributed by atoms with Gasteiger partial charge >= 0.3 is 0 Å². The number of halogens is 3. The molecule has 2 aromatic rings. The van der Waals surface area contributed by atoms with Gasteiger partial charge in [-0.3, -0.25) is 4.79 Å². The average molecular weight is 367 g/mol. The first-order chi connectivity index (χ1) is 11.8. The lowest BCUT2D eigenvalue weighted by Gasteiger charge is -2.31. The van der Waals surface area contributed by atoms with Crippen LogP contribution in [0.1, 0.15) is 28.9 Å². The zero-order valence-corrected chi connectivity index (χ0v) is 14.4. The fourth-order valence-electron chi connectivity index (χ4n) is 2.79. The third-order valence-corrected chi connectivity index (χ3v) is 4.65. The number of anilines is 1. The molecule has 0 unspecified atom stereocenters. The monoisotopic (exact) mass is 366 g/mol. The molecule has 1 amide bonds. The molecule has 0 radical (unpaired) electrons. The van der Waals surface area contributed by atoms with Crippen molar-refractivity contribution in [2.75, 3.05) is 18.8 Å². The SMILES string of the molecule is Cc1nc(N)nc(-c2cccc(C(=O)N3CCC(F)(F)CC3)c2)c1Cl. The Hall–Kier alpha value is -2.28. The molecule has 1 fully saturated rings. The Balaban J connectivity index is 1.89. The summed E-state index contributed by atoms with van der Waals surface area (Å²) in [4.78, 5) is 22.2. The van der Waals surface area contributed by atoms with Gasteiger partial charge in [0.1, 0.15) is 0 Å². The normalized spacial score (nSPS) is 16.7. The molecule has 0 aliphatic carbocycles. The van der Waals surface area contributed by atoms with Crippen LogP contribution in [0.25, 0.3) is 11.3 Å². The van der Waals surface area contributed by atoms with Crippen LogP contribution >= 0.6 is 11.6 Å². The van der Waals surface area contributed by atoms with Gasteiger partial charge in [-0.1, -0.05) is 23.7 Å². The van der Waals surface area contributed by atoms with Crippen LogP contribution in [-0.4, -0.2) is 39.8 Å². The Labute approximate surface area is 148 Å². The summed E-state index contributed by atoms with van der Waals surface area (Å²) in [6, 6.07) is 6.74. The number of hydrogen-bond donors (Lipinski definition) is 1. The lowest BCUT2D eigenvalue weighted by atomic mass is 10.0. The molecule has 1 aliphatic heterocycles. The molecule has 3 rings (SSSR count). The van der Waals surface area contributed by atoms with Gasteiger partial charge in [-0.05, 0) is 19.1 Å². The number of carbonyl (C=O) groups excluding carboxylic acids is 1. The predicted octanol–water partition coefficient (Wildman–Crippen LogP) is 3.56. The minimum Gasteiger partial charge on any atom is -0.368 e. The van der Waals surface area contributed by atoms with Crippen LogP contribution < -0.4 is 5.73 Å². The standard InChI is InChI=1S/C17H17ClF2N4O/c1-10-13(18)14(23-16(21)22-10)11-3-2-4-12(9-11)15(25)24-7-5-17(19,20)6-8-24/h2-4,9H,5-8H2,1H3,(H2,21,22,23). The highest BCUT2D eigenvalue weighted by atomic mass is 35.5. The summed E-state index contributed by atoms with van der Waals surface area (Å²) in [7, 11) is 0. The fraction of sp³-hybridized carbons (Fsp3) is 0.353. The van der Waals surface area contributed by atoms with E-state index in [2.05, 4.69) is 9.97 Å². The van der Waals surface area contributed by atoms with Crippen LogP contribution in [-0.2, 0) is 0 Å². The summed E-state index contributed by atoms with van der Waals surface area (Å²) in [5.74, 6) is -2.89. The van der Waals surface area contributed by atoms with Gasteiger partial charge in [-0.25, -0.2) is 18.7 Å². The van der Waals surface area contributed by atoms with Crippen molar-refractivity contribution in [3.8, 4) is 11.3 Å². The van der Waals surface area contributed by atoms with E-state index in [1.165, 1.54) is 4.90 Å². The molecule has 1 aliphatic rings. The quantitative estimate of drug-likeness (QED) is 0.882. The number of likely N-dealkylation sites (tertiary alicyclic amines) is 1. The van der Waals surface area contributed by atoms with Gasteiger partial charge in [0.25, 0.3) is 11.8 Å². The van der Waals surface area contributed by atoms with Crippen molar-refractivity contribution in [3.05, 3.63) is 40.5 Å². The van der Waals surface area contributed by atoms with E-state index >= 15 is 0 Å². The molecule has 5 nitrogen and oxygen atoms in total. The van der Waals surface area contributed by atoms with E-state index < -0.39 is 5.92 Å². The molecule has 0 spiro atoms. The van der Waals surface area contributed by atoms with Crippen LogP contribution in [0.2, 0.25) is 5.02 Å². The van der Waals surface area contributed by atoms with E-state index in [1.54, 1.807) is 31.2 Å². The minimum absolute atomic E-state index is 0.0381. The summed E-state index contributed by atoms with van der Waals surface area (Å²) in [6.07, 6.45) is -0.627. The first-order valence-corrected chi connectivity index (χ1v) is 8.22. The first kappa shape index (κ1) is 17.5. The molecule has 1 saturated heterocycles. The van der Waals surface area contributed by atoms with Crippen molar-refractivity contribution in [2.24, 2.45) is 0 Å². The molecule has 0 atom stereocenters. The van der Waals surface area contributed by atoms with Crippen molar-refractivity contribution in [1.29, 1.82) is 0 Å². The number of alkyl halides is 2. The van der Waals surface area contributed by atoms with Crippen LogP contribution in [0, 0.1) is 6.92 Å². The molecular weight excluding hydrogens is 350 g/mol. The Morgan fingerprint density at radius 3 is 2.64 bits per heavy atom. The highest BCUT2D eigenvalue weighted by Gasteiger charge is 2.35. The molecule has 8 heteroatoms. The topological polar surface area (TPSA) is 72.1 Å². The summed E-state index contributed by atoms with van der Waals surface area (Å²) < 4.78 is 26.5. The third-order valence-electron chi connectivity index (χ3n) is 4.20. The molecule has 0 bridgehead atoms. The second kappa shape index (κ2) is 6.55. The molecule has 0 saturated carbocycles. The second-order valence-corrected chi connectivity index (χ2v) is 6.44. The summed E-state index contributed by atoms with van der Waals surface area (Å²) in [6.45, 7) is 1.79. The highest BCUT2D eigenvalue weighted by Crippen LogP contribution is 2.31. The van der Waals surface area contributed by atoms with E-state index in [-0.39, 0.29) is 37.8 Å². The number of hydrogen-bond acceptors (Lipinski definition) is 4. The molecular formula is C17H17ClF2N4O. The highest BCUT2D eigenvalue weighted by molar-refractivity contribution is 6.33. The number of nitrogen functional groups attached to an aromatic ring is 1. The maximum Gasteiger partial charge on any atom is 0.253 e. The number of nitrogens with zero attached hydrogens (tertiary/aromatic N) is 3. The molecule has 2 N–H and O–H groups in total. The van der Waals surface area contributed by atoms with E-state index in [4.69, 9.17) is 17.3 Å². The largest absolute Gasteiger partial charge is 0.368 e. The number of benzene rings is 1. The zero-order chi connectivity index (χ0) is 18.2. The maximum absolute atomic E-state index is 13.3. The number of nitrogens with two attached hydrogens (primary N) is 1. The smallest absolute Gasteiger partial charge is 0.253 e. The zero-order valence-electron chi connectivity index (χ0n) is 13.6.